The first-order chi connectivity index (χ1) is 7.91. The highest BCUT2D eigenvalue weighted by molar-refractivity contribution is 7.89. The normalized spacial score (nSPS) is 17.1. The third kappa shape index (κ3) is 2.30. The minimum Gasteiger partial charge on any atom is -0.399 e. The first-order valence-corrected chi connectivity index (χ1v) is 7.20. The van der Waals surface area contributed by atoms with E-state index in [2.05, 4.69) is 0 Å². The number of benzene rings is 1. The molecule has 1 saturated carbocycles. The number of nitrogens with two attached hydrogens (primary N) is 1. The lowest BCUT2D eigenvalue weighted by Crippen LogP contribution is -2.41. The monoisotopic (exact) mass is 254 g/mol. The Balaban J connectivity index is 2.36. The van der Waals surface area contributed by atoms with Gasteiger partial charge in [0, 0.05) is 18.8 Å². The molecule has 0 bridgehead atoms. The van der Waals surface area contributed by atoms with Crippen molar-refractivity contribution in [2.45, 2.75) is 37.1 Å². The van der Waals surface area contributed by atoms with Crippen LogP contribution in [-0.2, 0) is 10.0 Å². The molecule has 0 spiro atoms. The highest BCUT2D eigenvalue weighted by Crippen LogP contribution is 2.29. The maximum Gasteiger partial charge on any atom is 0.243 e. The fourth-order valence-corrected chi connectivity index (χ4v) is 3.59. The Morgan fingerprint density at radius 1 is 1.29 bits per heavy atom. The molecule has 1 aromatic carbocycles. The lowest BCUT2D eigenvalue weighted by atomic mass is 9.94. The van der Waals surface area contributed by atoms with E-state index in [1.165, 1.54) is 10.4 Å². The Morgan fingerprint density at radius 2 is 1.94 bits per heavy atom. The summed E-state index contributed by atoms with van der Waals surface area (Å²) in [5, 5.41) is 0. The van der Waals surface area contributed by atoms with Crippen molar-refractivity contribution in [3.8, 4) is 0 Å². The van der Waals surface area contributed by atoms with E-state index in [-0.39, 0.29) is 6.04 Å². The zero-order valence-corrected chi connectivity index (χ0v) is 11.0. The van der Waals surface area contributed by atoms with Gasteiger partial charge in [-0.05, 0) is 43.5 Å². The van der Waals surface area contributed by atoms with E-state index in [0.29, 0.717) is 10.6 Å². The molecule has 1 fully saturated rings. The largest absolute Gasteiger partial charge is 0.399 e. The van der Waals surface area contributed by atoms with Crippen molar-refractivity contribution in [1.29, 1.82) is 0 Å². The number of rotatable bonds is 3. The number of nitrogens with zero attached hydrogens (tertiary/aromatic N) is 1. The van der Waals surface area contributed by atoms with Gasteiger partial charge in [-0.1, -0.05) is 6.42 Å². The fraction of sp³-hybridized carbons (Fsp3) is 0.500. The van der Waals surface area contributed by atoms with Crippen LogP contribution in [0.25, 0.3) is 0 Å². The fourth-order valence-electron chi connectivity index (χ4n) is 2.04. The Morgan fingerprint density at radius 3 is 2.41 bits per heavy atom. The Bertz CT molecular complexity index is 501. The van der Waals surface area contributed by atoms with Crippen molar-refractivity contribution in [1.82, 2.24) is 4.31 Å². The van der Waals surface area contributed by atoms with Crippen LogP contribution in [-0.4, -0.2) is 25.8 Å². The molecule has 0 aromatic heterocycles. The molecule has 2 N–H and O–H groups in total. The van der Waals surface area contributed by atoms with Gasteiger partial charge in [0.2, 0.25) is 10.0 Å². The van der Waals surface area contributed by atoms with E-state index < -0.39 is 10.0 Å². The summed E-state index contributed by atoms with van der Waals surface area (Å²) in [5.41, 5.74) is 7.05. The van der Waals surface area contributed by atoms with Gasteiger partial charge in [0.25, 0.3) is 0 Å². The van der Waals surface area contributed by atoms with Gasteiger partial charge >= 0.3 is 0 Å². The lowest BCUT2D eigenvalue weighted by Gasteiger charge is -2.33. The first-order valence-electron chi connectivity index (χ1n) is 5.76. The van der Waals surface area contributed by atoms with Crippen molar-refractivity contribution in [3.05, 3.63) is 23.8 Å². The molecule has 0 atom stereocenters. The SMILES string of the molecule is Cc1cc(N)cc(S(=O)(=O)N(C)C2CCC2)c1. The number of nitrogen functional groups attached to an aromatic ring is 1. The minimum absolute atomic E-state index is 0.154. The molecule has 0 saturated heterocycles. The van der Waals surface area contributed by atoms with E-state index in [1.54, 1.807) is 19.2 Å². The van der Waals surface area contributed by atoms with Crippen LogP contribution < -0.4 is 5.73 Å². The molecule has 17 heavy (non-hydrogen) atoms. The van der Waals surface area contributed by atoms with Gasteiger partial charge in [-0.3, -0.25) is 0 Å². The van der Waals surface area contributed by atoms with Gasteiger partial charge in [0.15, 0.2) is 0 Å². The average Bonchev–Trinajstić information content (AvgIpc) is 2.13. The van der Waals surface area contributed by atoms with Crippen LogP contribution in [0.1, 0.15) is 24.8 Å². The predicted octanol–water partition coefficient (Wildman–Crippen LogP) is 1.75. The standard InChI is InChI=1S/C12H18N2O2S/c1-9-6-10(13)8-12(7-9)17(15,16)14(2)11-4-3-5-11/h6-8,11H,3-5,13H2,1-2H3. The maximum absolute atomic E-state index is 12.3. The molecule has 4 nitrogen and oxygen atoms in total. The van der Waals surface area contributed by atoms with Gasteiger partial charge in [-0.25, -0.2) is 8.42 Å². The summed E-state index contributed by atoms with van der Waals surface area (Å²) < 4.78 is 26.2. The molecular formula is C12H18N2O2S. The molecule has 2 rings (SSSR count). The van der Waals surface area contributed by atoms with Crippen LogP contribution in [0, 0.1) is 6.92 Å². The summed E-state index contributed by atoms with van der Waals surface area (Å²) in [6.45, 7) is 1.85. The molecule has 0 unspecified atom stereocenters. The molecule has 0 radical (unpaired) electrons. The second kappa shape index (κ2) is 4.31. The number of hydrogen-bond donors (Lipinski definition) is 1. The topological polar surface area (TPSA) is 63.4 Å². The van der Waals surface area contributed by atoms with Gasteiger partial charge in [-0.2, -0.15) is 4.31 Å². The van der Waals surface area contributed by atoms with Crippen molar-refractivity contribution in [2.24, 2.45) is 0 Å². The first kappa shape index (κ1) is 12.4. The van der Waals surface area contributed by atoms with Crippen LogP contribution in [0.5, 0.6) is 0 Å². The van der Waals surface area contributed by atoms with Gasteiger partial charge in [-0.15, -0.1) is 0 Å². The zero-order chi connectivity index (χ0) is 12.6. The summed E-state index contributed by atoms with van der Waals surface area (Å²) in [6.07, 6.45) is 3.02. The molecule has 0 heterocycles. The predicted molar refractivity (Wildman–Crippen MR) is 68.2 cm³/mol. The van der Waals surface area contributed by atoms with Crippen LogP contribution in [0.15, 0.2) is 23.1 Å². The Hall–Kier alpha value is -1.07. The second-order valence-corrected chi connectivity index (χ2v) is 6.68. The van der Waals surface area contributed by atoms with Crippen molar-refractivity contribution in [3.63, 3.8) is 0 Å². The molecule has 1 aliphatic carbocycles. The number of sulfonamides is 1. The Labute approximate surface area is 102 Å². The third-order valence-electron chi connectivity index (χ3n) is 3.34. The summed E-state index contributed by atoms with van der Waals surface area (Å²) in [7, 11) is -1.74. The highest BCUT2D eigenvalue weighted by Gasteiger charge is 2.31. The molecule has 94 valence electrons. The van der Waals surface area contributed by atoms with Gasteiger partial charge < -0.3 is 5.73 Å². The van der Waals surface area contributed by atoms with Crippen LogP contribution in [0.4, 0.5) is 5.69 Å². The second-order valence-electron chi connectivity index (χ2n) is 4.69. The van der Waals surface area contributed by atoms with E-state index in [0.717, 1.165) is 24.8 Å². The smallest absolute Gasteiger partial charge is 0.243 e. The summed E-state index contributed by atoms with van der Waals surface area (Å²) in [5.74, 6) is 0. The lowest BCUT2D eigenvalue weighted by molar-refractivity contribution is 0.249. The average molecular weight is 254 g/mol. The Kier molecular flexibility index (Phi) is 3.14. The van der Waals surface area contributed by atoms with E-state index in [1.807, 2.05) is 6.92 Å². The van der Waals surface area contributed by atoms with Crippen LogP contribution in [0.3, 0.4) is 0 Å². The molecular weight excluding hydrogens is 236 g/mol. The van der Waals surface area contributed by atoms with E-state index in [9.17, 15) is 8.42 Å². The molecule has 1 aromatic rings. The van der Waals surface area contributed by atoms with Crippen molar-refractivity contribution < 1.29 is 8.42 Å². The van der Waals surface area contributed by atoms with Crippen molar-refractivity contribution in [2.75, 3.05) is 12.8 Å². The maximum atomic E-state index is 12.3. The third-order valence-corrected chi connectivity index (χ3v) is 5.23. The van der Waals surface area contributed by atoms with Crippen LogP contribution >= 0.6 is 0 Å². The van der Waals surface area contributed by atoms with Crippen molar-refractivity contribution >= 4 is 15.7 Å². The zero-order valence-electron chi connectivity index (χ0n) is 10.2. The number of aryl methyl sites for hydroxylation is 1. The summed E-state index contributed by atoms with van der Waals surface area (Å²) >= 11 is 0. The molecule has 0 amide bonds. The van der Waals surface area contributed by atoms with Gasteiger partial charge in [0.05, 0.1) is 4.90 Å². The molecule has 5 heteroatoms. The highest BCUT2D eigenvalue weighted by atomic mass is 32.2. The molecule has 0 aliphatic heterocycles. The van der Waals surface area contributed by atoms with E-state index in [4.69, 9.17) is 5.73 Å². The summed E-state index contributed by atoms with van der Waals surface area (Å²) in [4.78, 5) is 0.296. The van der Waals surface area contributed by atoms with Crippen LogP contribution in [0.2, 0.25) is 0 Å². The van der Waals surface area contributed by atoms with E-state index >= 15 is 0 Å². The minimum atomic E-state index is -3.39. The summed E-state index contributed by atoms with van der Waals surface area (Å²) in [6, 6.07) is 5.11. The van der Waals surface area contributed by atoms with Gasteiger partial charge in [0.1, 0.15) is 0 Å². The number of anilines is 1. The molecule has 1 aliphatic rings. The number of hydrogen-bond acceptors (Lipinski definition) is 3. The quantitative estimate of drug-likeness (QED) is 0.836.